The van der Waals surface area contributed by atoms with Gasteiger partial charge in [0.15, 0.2) is 0 Å². The van der Waals surface area contributed by atoms with E-state index >= 15 is 0 Å². The molecule has 0 aliphatic heterocycles. The van der Waals surface area contributed by atoms with Crippen molar-refractivity contribution in [2.24, 2.45) is 17.6 Å². The van der Waals surface area contributed by atoms with Crippen molar-refractivity contribution in [2.75, 3.05) is 19.6 Å². The van der Waals surface area contributed by atoms with Gasteiger partial charge in [0.2, 0.25) is 5.91 Å². The maximum absolute atomic E-state index is 13.6. The molecule has 1 heterocycles. The Morgan fingerprint density at radius 2 is 1.61 bits per heavy atom. The van der Waals surface area contributed by atoms with E-state index < -0.39 is 0 Å². The van der Waals surface area contributed by atoms with Gasteiger partial charge in [0.1, 0.15) is 0 Å². The van der Waals surface area contributed by atoms with Gasteiger partial charge in [-0.1, -0.05) is 60.7 Å². The molecule has 0 radical (unpaired) electrons. The van der Waals surface area contributed by atoms with Crippen molar-refractivity contribution in [1.82, 2.24) is 14.9 Å². The number of aromatic nitrogens is 2. The van der Waals surface area contributed by atoms with Gasteiger partial charge in [-0.15, -0.1) is 0 Å². The van der Waals surface area contributed by atoms with Gasteiger partial charge in [-0.25, -0.2) is 4.98 Å². The number of H-pyrrole nitrogens is 1. The second-order valence-corrected chi connectivity index (χ2v) is 9.27. The van der Waals surface area contributed by atoms with E-state index in [1.54, 1.807) is 6.33 Å². The zero-order chi connectivity index (χ0) is 22.9. The topological polar surface area (TPSA) is 75.0 Å². The van der Waals surface area contributed by atoms with Gasteiger partial charge in [0, 0.05) is 43.2 Å². The predicted molar refractivity (Wildman–Crippen MR) is 133 cm³/mol. The molecule has 0 spiro atoms. The molecule has 1 saturated carbocycles. The number of rotatable bonds is 10. The molecule has 3 aromatic rings. The van der Waals surface area contributed by atoms with Crippen LogP contribution in [-0.4, -0.2) is 40.4 Å². The summed E-state index contributed by atoms with van der Waals surface area (Å²) in [6, 6.07) is 21.3. The summed E-state index contributed by atoms with van der Waals surface area (Å²) in [7, 11) is 0. The Balaban J connectivity index is 1.48. The van der Waals surface area contributed by atoms with Crippen LogP contribution in [0.15, 0.2) is 73.2 Å². The van der Waals surface area contributed by atoms with E-state index in [1.165, 1.54) is 11.1 Å². The molecule has 2 aromatic carbocycles. The summed E-state index contributed by atoms with van der Waals surface area (Å²) in [6.07, 6.45) is 9.31. The molecule has 5 nitrogen and oxygen atoms in total. The molecule has 0 unspecified atom stereocenters. The normalized spacial score (nSPS) is 18.4. The van der Waals surface area contributed by atoms with Crippen molar-refractivity contribution in [3.05, 3.63) is 90.0 Å². The molecule has 174 valence electrons. The minimum Gasteiger partial charge on any atom is -0.348 e. The van der Waals surface area contributed by atoms with Crippen molar-refractivity contribution in [1.29, 1.82) is 0 Å². The minimum atomic E-state index is 0.126. The van der Waals surface area contributed by atoms with Crippen LogP contribution < -0.4 is 5.73 Å². The Labute approximate surface area is 197 Å². The smallest absolute Gasteiger partial charge is 0.225 e. The Bertz CT molecular complexity index is 911. The molecule has 0 atom stereocenters. The number of carbonyl (C=O) groups is 1. The summed E-state index contributed by atoms with van der Waals surface area (Å²) in [6.45, 7) is 2.20. The second kappa shape index (κ2) is 11.8. The zero-order valence-corrected chi connectivity index (χ0v) is 19.4. The van der Waals surface area contributed by atoms with Gasteiger partial charge in [-0.05, 0) is 55.7 Å². The quantitative estimate of drug-likeness (QED) is 0.473. The number of amides is 1. The molecule has 1 aliphatic carbocycles. The van der Waals surface area contributed by atoms with Crippen LogP contribution in [0.2, 0.25) is 0 Å². The van der Waals surface area contributed by atoms with Crippen LogP contribution in [0.5, 0.6) is 0 Å². The Kier molecular flexibility index (Phi) is 8.31. The zero-order valence-electron chi connectivity index (χ0n) is 19.4. The molecule has 0 saturated heterocycles. The molecule has 33 heavy (non-hydrogen) atoms. The Hall–Kier alpha value is -2.92. The van der Waals surface area contributed by atoms with Crippen LogP contribution in [0.3, 0.4) is 0 Å². The van der Waals surface area contributed by atoms with Gasteiger partial charge in [0.05, 0.1) is 6.33 Å². The van der Waals surface area contributed by atoms with Crippen LogP contribution in [0, 0.1) is 11.8 Å². The number of aromatic amines is 1. The lowest BCUT2D eigenvalue weighted by atomic mass is 9.81. The molecule has 5 heteroatoms. The highest BCUT2D eigenvalue weighted by molar-refractivity contribution is 5.79. The van der Waals surface area contributed by atoms with Crippen molar-refractivity contribution in [3.63, 3.8) is 0 Å². The summed E-state index contributed by atoms with van der Waals surface area (Å²) in [4.78, 5) is 23.0. The third-order valence-electron chi connectivity index (χ3n) is 7.14. The summed E-state index contributed by atoms with van der Waals surface area (Å²) >= 11 is 0. The summed E-state index contributed by atoms with van der Waals surface area (Å²) in [5.74, 6) is 1.28. The molecule has 1 aliphatic rings. The predicted octanol–water partition coefficient (Wildman–Crippen LogP) is 4.77. The molecule has 3 N–H and O–H groups in total. The number of hydrogen-bond acceptors (Lipinski definition) is 3. The second-order valence-electron chi connectivity index (χ2n) is 9.27. The van der Waals surface area contributed by atoms with E-state index in [-0.39, 0.29) is 11.8 Å². The average Bonchev–Trinajstić information content (AvgIpc) is 3.41. The number of nitrogens with one attached hydrogen (secondary N) is 1. The van der Waals surface area contributed by atoms with E-state index in [0.717, 1.165) is 57.3 Å². The molecule has 1 fully saturated rings. The maximum Gasteiger partial charge on any atom is 0.225 e. The minimum absolute atomic E-state index is 0.126. The van der Waals surface area contributed by atoms with Crippen molar-refractivity contribution in [2.45, 2.75) is 44.4 Å². The molecule has 1 amide bonds. The van der Waals surface area contributed by atoms with Gasteiger partial charge in [0.25, 0.3) is 0 Å². The number of nitrogens with two attached hydrogens (primary N) is 1. The highest BCUT2D eigenvalue weighted by Crippen LogP contribution is 2.31. The van der Waals surface area contributed by atoms with Crippen molar-refractivity contribution in [3.8, 4) is 0 Å². The van der Waals surface area contributed by atoms with Crippen LogP contribution in [-0.2, 0) is 11.2 Å². The van der Waals surface area contributed by atoms with E-state index in [2.05, 4.69) is 75.5 Å². The Morgan fingerprint density at radius 1 is 0.970 bits per heavy atom. The summed E-state index contributed by atoms with van der Waals surface area (Å²) in [5, 5.41) is 0. The highest BCUT2D eigenvalue weighted by atomic mass is 16.2. The first-order valence-corrected chi connectivity index (χ1v) is 12.3. The van der Waals surface area contributed by atoms with Gasteiger partial charge < -0.3 is 15.6 Å². The largest absolute Gasteiger partial charge is 0.348 e. The van der Waals surface area contributed by atoms with Gasteiger partial charge in [-0.3, -0.25) is 4.79 Å². The van der Waals surface area contributed by atoms with E-state index in [1.807, 2.05) is 6.20 Å². The average molecular weight is 445 g/mol. The molecule has 0 bridgehead atoms. The number of nitrogens with zero attached hydrogens (tertiary/aromatic N) is 2. The number of benzene rings is 2. The maximum atomic E-state index is 13.6. The number of carbonyl (C=O) groups excluding carboxylic acids is 1. The molecular formula is C28H36N4O. The van der Waals surface area contributed by atoms with E-state index in [9.17, 15) is 4.79 Å². The van der Waals surface area contributed by atoms with Crippen molar-refractivity contribution < 1.29 is 4.79 Å². The number of hydrogen-bond donors (Lipinski definition) is 2. The lowest BCUT2D eigenvalue weighted by Gasteiger charge is -2.33. The molecular weight excluding hydrogens is 408 g/mol. The first-order chi connectivity index (χ1) is 16.2. The van der Waals surface area contributed by atoms with Crippen LogP contribution in [0.1, 0.15) is 54.8 Å². The van der Waals surface area contributed by atoms with E-state index in [4.69, 9.17) is 5.73 Å². The fourth-order valence-electron chi connectivity index (χ4n) is 5.09. The van der Waals surface area contributed by atoms with Crippen molar-refractivity contribution >= 4 is 5.91 Å². The highest BCUT2D eigenvalue weighted by Gasteiger charge is 2.29. The monoisotopic (exact) mass is 444 g/mol. The van der Waals surface area contributed by atoms with Crippen LogP contribution >= 0.6 is 0 Å². The standard InChI is InChI=1S/C28H36N4O/c29-19-22-11-13-25(14-12-22)28(33)32(17-15-26-20-30-21-31-26)18-16-27(23-7-3-1-4-8-23)24-9-5-2-6-10-24/h1-10,20-22,25,27H,11-19,29H2,(H,30,31). The summed E-state index contributed by atoms with van der Waals surface area (Å²) < 4.78 is 0. The molecule has 4 rings (SSSR count). The van der Waals surface area contributed by atoms with Crippen LogP contribution in [0.25, 0.3) is 0 Å². The first kappa shape index (κ1) is 23.2. The number of imidazole rings is 1. The van der Waals surface area contributed by atoms with E-state index in [0.29, 0.717) is 18.4 Å². The first-order valence-electron chi connectivity index (χ1n) is 12.3. The fourth-order valence-corrected chi connectivity index (χ4v) is 5.09. The summed E-state index contributed by atoms with van der Waals surface area (Å²) in [5.41, 5.74) is 9.54. The van der Waals surface area contributed by atoms with Gasteiger partial charge >= 0.3 is 0 Å². The third-order valence-corrected chi connectivity index (χ3v) is 7.14. The lowest BCUT2D eigenvalue weighted by Crippen LogP contribution is -2.40. The SMILES string of the molecule is NCC1CCC(C(=O)N(CCc2cnc[nH]2)CCC(c2ccccc2)c2ccccc2)CC1. The van der Waals surface area contributed by atoms with Crippen LogP contribution in [0.4, 0.5) is 0 Å². The Morgan fingerprint density at radius 3 is 2.15 bits per heavy atom. The van der Waals surface area contributed by atoms with Gasteiger partial charge in [-0.2, -0.15) is 0 Å². The molecule has 1 aromatic heterocycles. The lowest BCUT2D eigenvalue weighted by molar-refractivity contribution is -0.137. The fraction of sp³-hybridized carbons (Fsp3) is 0.429. The third kappa shape index (κ3) is 6.32.